The fourth-order valence-corrected chi connectivity index (χ4v) is 1.87. The van der Waals surface area contributed by atoms with Crippen LogP contribution in [0.2, 0.25) is 0 Å². The Hall–Kier alpha value is -0.610. The summed E-state index contributed by atoms with van der Waals surface area (Å²) >= 11 is 0. The summed E-state index contributed by atoms with van der Waals surface area (Å²) in [5, 5.41) is 13.1. The molecule has 0 aromatic carbocycles. The van der Waals surface area contributed by atoms with Crippen LogP contribution in [-0.2, 0) is 9.53 Å². The van der Waals surface area contributed by atoms with Gasteiger partial charge in [-0.3, -0.25) is 0 Å². The summed E-state index contributed by atoms with van der Waals surface area (Å²) in [4.78, 5) is 11.7. The van der Waals surface area contributed by atoms with Crippen molar-refractivity contribution < 1.29 is 14.6 Å². The Labute approximate surface area is 97.4 Å². The lowest BCUT2D eigenvalue weighted by Crippen LogP contribution is -2.39. The summed E-state index contributed by atoms with van der Waals surface area (Å²) < 4.78 is 5.18. The number of hydrogen-bond acceptors (Lipinski definition) is 4. The molecule has 4 heteroatoms. The predicted molar refractivity (Wildman–Crippen MR) is 62.1 cm³/mol. The average molecular weight is 229 g/mol. The topological polar surface area (TPSA) is 58.6 Å². The van der Waals surface area contributed by atoms with E-state index in [-0.39, 0.29) is 5.92 Å². The van der Waals surface area contributed by atoms with Gasteiger partial charge in [-0.15, -0.1) is 0 Å². The Bertz CT molecular complexity index is 227. The van der Waals surface area contributed by atoms with Crippen LogP contribution >= 0.6 is 0 Å². The zero-order chi connectivity index (χ0) is 12.2. The smallest absolute Gasteiger partial charge is 0.335 e. The van der Waals surface area contributed by atoms with Gasteiger partial charge in [-0.05, 0) is 40.2 Å². The van der Waals surface area contributed by atoms with Gasteiger partial charge in [0.25, 0.3) is 0 Å². The van der Waals surface area contributed by atoms with Crippen LogP contribution in [-0.4, -0.2) is 35.9 Å². The number of carbonyl (C=O) groups is 1. The minimum absolute atomic E-state index is 0.0163. The zero-order valence-corrected chi connectivity index (χ0v) is 10.5. The van der Waals surface area contributed by atoms with E-state index in [0.717, 1.165) is 25.8 Å². The molecule has 1 saturated heterocycles. The van der Waals surface area contributed by atoms with Crippen molar-refractivity contribution in [2.75, 3.05) is 13.1 Å². The molecule has 0 unspecified atom stereocenters. The predicted octanol–water partition coefficient (Wildman–Crippen LogP) is 1.08. The third-order valence-corrected chi connectivity index (χ3v) is 2.68. The first-order valence-corrected chi connectivity index (χ1v) is 6.02. The zero-order valence-electron chi connectivity index (χ0n) is 10.5. The van der Waals surface area contributed by atoms with Gasteiger partial charge in [-0.1, -0.05) is 6.42 Å². The number of carbonyl (C=O) groups excluding carboxylic acids is 1. The maximum Gasteiger partial charge on any atom is 0.335 e. The molecule has 0 aromatic rings. The Morgan fingerprint density at radius 2 is 2.12 bits per heavy atom. The highest BCUT2D eigenvalue weighted by Gasteiger charge is 2.30. The molecular weight excluding hydrogens is 206 g/mol. The molecule has 2 atom stereocenters. The van der Waals surface area contributed by atoms with Crippen LogP contribution in [0.5, 0.6) is 0 Å². The van der Waals surface area contributed by atoms with Crippen molar-refractivity contribution in [2.45, 2.75) is 51.7 Å². The molecule has 1 fully saturated rings. The van der Waals surface area contributed by atoms with Crippen molar-refractivity contribution in [3.05, 3.63) is 0 Å². The Balaban J connectivity index is 2.48. The molecule has 0 bridgehead atoms. The van der Waals surface area contributed by atoms with Gasteiger partial charge in [0.1, 0.15) is 5.60 Å². The maximum atomic E-state index is 11.7. The molecule has 2 N–H and O–H groups in total. The summed E-state index contributed by atoms with van der Waals surface area (Å²) in [5.74, 6) is -0.515. The number of aliphatic hydroxyl groups is 1. The van der Waals surface area contributed by atoms with Crippen LogP contribution in [0.4, 0.5) is 0 Å². The SMILES string of the molecule is CC(C)(C)OC(=O)[C@@H](O)[C@H]1CCCCNC1. The van der Waals surface area contributed by atoms with Gasteiger partial charge in [-0.25, -0.2) is 4.79 Å². The molecule has 4 nitrogen and oxygen atoms in total. The van der Waals surface area contributed by atoms with Crippen molar-refractivity contribution in [1.82, 2.24) is 5.32 Å². The van der Waals surface area contributed by atoms with Crippen LogP contribution in [0.1, 0.15) is 40.0 Å². The van der Waals surface area contributed by atoms with E-state index in [1.165, 1.54) is 0 Å². The lowest BCUT2D eigenvalue weighted by atomic mass is 9.97. The second-order valence-electron chi connectivity index (χ2n) is 5.44. The third kappa shape index (κ3) is 4.49. The van der Waals surface area contributed by atoms with Gasteiger partial charge in [0, 0.05) is 12.5 Å². The molecule has 1 aliphatic heterocycles. The van der Waals surface area contributed by atoms with E-state index in [9.17, 15) is 9.90 Å². The average Bonchev–Trinajstić information content (AvgIpc) is 2.41. The Morgan fingerprint density at radius 1 is 1.44 bits per heavy atom. The highest BCUT2D eigenvalue weighted by molar-refractivity contribution is 5.75. The second-order valence-corrected chi connectivity index (χ2v) is 5.44. The van der Waals surface area contributed by atoms with Gasteiger partial charge in [-0.2, -0.15) is 0 Å². The molecule has 0 saturated carbocycles. The summed E-state index contributed by atoms with van der Waals surface area (Å²) in [6.45, 7) is 7.09. The van der Waals surface area contributed by atoms with Crippen LogP contribution < -0.4 is 5.32 Å². The Morgan fingerprint density at radius 3 is 2.75 bits per heavy atom. The quantitative estimate of drug-likeness (QED) is 0.696. The van der Waals surface area contributed by atoms with E-state index in [0.29, 0.717) is 6.54 Å². The van der Waals surface area contributed by atoms with Crippen molar-refractivity contribution in [1.29, 1.82) is 0 Å². The van der Waals surface area contributed by atoms with Crippen LogP contribution in [0.25, 0.3) is 0 Å². The lowest BCUT2D eigenvalue weighted by molar-refractivity contribution is -0.168. The van der Waals surface area contributed by atoms with Gasteiger partial charge in [0.05, 0.1) is 0 Å². The van der Waals surface area contributed by atoms with Gasteiger partial charge in [0.15, 0.2) is 6.10 Å². The number of aliphatic hydroxyl groups excluding tert-OH is 1. The summed E-state index contributed by atoms with van der Waals surface area (Å²) in [6, 6.07) is 0. The molecular formula is C12H23NO3. The van der Waals surface area contributed by atoms with E-state index in [1.807, 2.05) is 20.8 Å². The standard InChI is InChI=1S/C12H23NO3/c1-12(2,3)16-11(15)10(14)9-6-4-5-7-13-8-9/h9-10,13-14H,4-8H2,1-3H3/t9-,10-/m0/s1. The fourth-order valence-electron chi connectivity index (χ4n) is 1.87. The number of hydrogen-bond donors (Lipinski definition) is 2. The van der Waals surface area contributed by atoms with Crippen LogP contribution in [0, 0.1) is 5.92 Å². The fraction of sp³-hybridized carbons (Fsp3) is 0.917. The molecule has 1 heterocycles. The monoisotopic (exact) mass is 229 g/mol. The maximum absolute atomic E-state index is 11.7. The highest BCUT2D eigenvalue weighted by atomic mass is 16.6. The van der Waals surface area contributed by atoms with Crippen molar-refractivity contribution in [3.8, 4) is 0 Å². The first-order chi connectivity index (χ1) is 7.40. The molecule has 0 aromatic heterocycles. The first-order valence-electron chi connectivity index (χ1n) is 6.02. The molecule has 16 heavy (non-hydrogen) atoms. The summed E-state index contributed by atoms with van der Waals surface area (Å²) in [5.41, 5.74) is -0.532. The van der Waals surface area contributed by atoms with E-state index in [2.05, 4.69) is 5.32 Å². The molecule has 0 amide bonds. The third-order valence-electron chi connectivity index (χ3n) is 2.68. The molecule has 94 valence electrons. The number of nitrogens with one attached hydrogen (secondary N) is 1. The minimum Gasteiger partial charge on any atom is -0.458 e. The largest absolute Gasteiger partial charge is 0.458 e. The number of esters is 1. The van der Waals surface area contributed by atoms with Crippen LogP contribution in [0.15, 0.2) is 0 Å². The highest BCUT2D eigenvalue weighted by Crippen LogP contribution is 2.18. The molecule has 0 spiro atoms. The molecule has 1 rings (SSSR count). The molecule has 1 aliphatic rings. The van der Waals surface area contributed by atoms with E-state index < -0.39 is 17.7 Å². The first kappa shape index (κ1) is 13.5. The summed E-state index contributed by atoms with van der Waals surface area (Å²) in [7, 11) is 0. The Kier molecular flexibility index (Phi) is 4.74. The van der Waals surface area contributed by atoms with Crippen molar-refractivity contribution >= 4 is 5.97 Å². The number of ether oxygens (including phenoxy) is 1. The van der Waals surface area contributed by atoms with Gasteiger partial charge < -0.3 is 15.2 Å². The summed E-state index contributed by atoms with van der Waals surface area (Å²) in [6.07, 6.45) is 2.05. The van der Waals surface area contributed by atoms with Crippen molar-refractivity contribution in [3.63, 3.8) is 0 Å². The van der Waals surface area contributed by atoms with Gasteiger partial charge in [0.2, 0.25) is 0 Å². The lowest BCUT2D eigenvalue weighted by Gasteiger charge is -2.25. The van der Waals surface area contributed by atoms with E-state index in [1.54, 1.807) is 0 Å². The molecule has 0 aliphatic carbocycles. The van der Waals surface area contributed by atoms with E-state index >= 15 is 0 Å². The van der Waals surface area contributed by atoms with Gasteiger partial charge >= 0.3 is 5.97 Å². The normalized spacial score (nSPS) is 24.6. The van der Waals surface area contributed by atoms with E-state index in [4.69, 9.17) is 4.74 Å². The molecule has 0 radical (unpaired) electrons. The van der Waals surface area contributed by atoms with Crippen molar-refractivity contribution in [2.24, 2.45) is 5.92 Å². The van der Waals surface area contributed by atoms with Crippen LogP contribution in [0.3, 0.4) is 0 Å². The number of rotatable bonds is 2. The second kappa shape index (κ2) is 5.64. The minimum atomic E-state index is -0.996.